The third kappa shape index (κ3) is 2.82. The van der Waals surface area contributed by atoms with Crippen LogP contribution in [0.2, 0.25) is 0 Å². The van der Waals surface area contributed by atoms with E-state index in [1.807, 2.05) is 26.0 Å². The maximum absolute atomic E-state index is 5.58. The highest BCUT2D eigenvalue weighted by molar-refractivity contribution is 5.62. The molecule has 0 saturated heterocycles. The SMILES string of the molecule is CCOC1CC(Nc2cccc(-c3n[nH]c(C)n3)c2)C1. The highest BCUT2D eigenvalue weighted by Crippen LogP contribution is 2.28. The van der Waals surface area contributed by atoms with Crippen LogP contribution in [0.25, 0.3) is 11.4 Å². The van der Waals surface area contributed by atoms with Crippen LogP contribution < -0.4 is 5.32 Å². The summed E-state index contributed by atoms with van der Waals surface area (Å²) in [6.07, 6.45) is 2.59. The summed E-state index contributed by atoms with van der Waals surface area (Å²) in [6.45, 7) is 4.75. The van der Waals surface area contributed by atoms with E-state index in [1.165, 1.54) is 0 Å². The number of benzene rings is 1. The monoisotopic (exact) mass is 272 g/mol. The summed E-state index contributed by atoms with van der Waals surface area (Å²) in [4.78, 5) is 4.36. The Kier molecular flexibility index (Phi) is 3.69. The van der Waals surface area contributed by atoms with Gasteiger partial charge in [0.25, 0.3) is 0 Å². The van der Waals surface area contributed by atoms with E-state index in [2.05, 4.69) is 32.6 Å². The summed E-state index contributed by atoms with van der Waals surface area (Å²) in [6, 6.07) is 8.74. The van der Waals surface area contributed by atoms with Gasteiger partial charge in [0.15, 0.2) is 5.82 Å². The Morgan fingerprint density at radius 1 is 1.40 bits per heavy atom. The van der Waals surface area contributed by atoms with Crippen LogP contribution in [-0.2, 0) is 4.74 Å². The molecule has 0 spiro atoms. The van der Waals surface area contributed by atoms with Crippen molar-refractivity contribution in [2.45, 2.75) is 38.8 Å². The van der Waals surface area contributed by atoms with E-state index in [0.717, 1.165) is 42.3 Å². The topological polar surface area (TPSA) is 62.8 Å². The van der Waals surface area contributed by atoms with Crippen molar-refractivity contribution in [1.82, 2.24) is 15.2 Å². The first kappa shape index (κ1) is 13.1. The number of nitrogens with zero attached hydrogens (tertiary/aromatic N) is 2. The first-order valence-corrected chi connectivity index (χ1v) is 7.12. The van der Waals surface area contributed by atoms with Crippen molar-refractivity contribution in [2.75, 3.05) is 11.9 Å². The predicted octanol–water partition coefficient (Wildman–Crippen LogP) is 2.76. The molecule has 2 aromatic rings. The first-order chi connectivity index (χ1) is 9.74. The molecule has 0 unspecified atom stereocenters. The smallest absolute Gasteiger partial charge is 0.181 e. The van der Waals surface area contributed by atoms with Crippen LogP contribution in [0.15, 0.2) is 24.3 Å². The number of hydrogen-bond donors (Lipinski definition) is 2. The Morgan fingerprint density at radius 2 is 2.25 bits per heavy atom. The van der Waals surface area contributed by atoms with Gasteiger partial charge in [0.1, 0.15) is 5.82 Å². The number of aromatic nitrogens is 3. The zero-order chi connectivity index (χ0) is 13.9. The highest BCUT2D eigenvalue weighted by atomic mass is 16.5. The average molecular weight is 272 g/mol. The van der Waals surface area contributed by atoms with Crippen LogP contribution >= 0.6 is 0 Å². The highest BCUT2D eigenvalue weighted by Gasteiger charge is 2.29. The molecular formula is C15H20N4O. The van der Waals surface area contributed by atoms with Gasteiger partial charge < -0.3 is 10.1 Å². The molecule has 0 amide bonds. The van der Waals surface area contributed by atoms with Crippen LogP contribution in [0, 0.1) is 6.92 Å². The lowest BCUT2D eigenvalue weighted by atomic mass is 9.89. The lowest BCUT2D eigenvalue weighted by Crippen LogP contribution is -2.40. The second-order valence-electron chi connectivity index (χ2n) is 5.22. The summed E-state index contributed by atoms with van der Waals surface area (Å²) in [5, 5.41) is 10.6. The van der Waals surface area contributed by atoms with E-state index in [-0.39, 0.29) is 0 Å². The molecule has 1 aromatic heterocycles. The van der Waals surface area contributed by atoms with Crippen LogP contribution in [0.1, 0.15) is 25.6 Å². The lowest BCUT2D eigenvalue weighted by Gasteiger charge is -2.36. The van der Waals surface area contributed by atoms with Gasteiger partial charge in [0.2, 0.25) is 0 Å². The zero-order valence-corrected chi connectivity index (χ0v) is 11.9. The fourth-order valence-corrected chi connectivity index (χ4v) is 2.51. The standard InChI is InChI=1S/C15H20N4O/c1-3-20-14-8-13(9-14)17-12-6-4-5-11(7-12)15-16-10(2)18-19-15/h4-7,13-14,17H,3,8-9H2,1-2H3,(H,16,18,19). The molecule has 2 N–H and O–H groups in total. The molecule has 1 aliphatic carbocycles. The number of aromatic amines is 1. The van der Waals surface area contributed by atoms with Crippen molar-refractivity contribution in [3.05, 3.63) is 30.1 Å². The van der Waals surface area contributed by atoms with Gasteiger partial charge in [0.05, 0.1) is 6.10 Å². The molecule has 0 atom stereocenters. The van der Waals surface area contributed by atoms with Gasteiger partial charge in [-0.25, -0.2) is 4.98 Å². The number of rotatable bonds is 5. The molecule has 0 radical (unpaired) electrons. The Labute approximate surface area is 118 Å². The largest absolute Gasteiger partial charge is 0.382 e. The first-order valence-electron chi connectivity index (χ1n) is 7.12. The van der Waals surface area contributed by atoms with Crippen LogP contribution in [0.5, 0.6) is 0 Å². The van der Waals surface area contributed by atoms with Crippen molar-refractivity contribution < 1.29 is 4.74 Å². The fourth-order valence-electron chi connectivity index (χ4n) is 2.51. The summed E-state index contributed by atoms with van der Waals surface area (Å²) in [7, 11) is 0. The summed E-state index contributed by atoms with van der Waals surface area (Å²) >= 11 is 0. The van der Waals surface area contributed by atoms with Crippen molar-refractivity contribution in [3.63, 3.8) is 0 Å². The molecule has 1 fully saturated rings. The van der Waals surface area contributed by atoms with E-state index < -0.39 is 0 Å². The Morgan fingerprint density at radius 3 is 2.95 bits per heavy atom. The molecule has 0 aliphatic heterocycles. The molecule has 1 heterocycles. The maximum Gasteiger partial charge on any atom is 0.181 e. The number of anilines is 1. The van der Waals surface area contributed by atoms with Gasteiger partial charge in [-0.2, -0.15) is 5.10 Å². The third-order valence-electron chi connectivity index (χ3n) is 3.59. The lowest BCUT2D eigenvalue weighted by molar-refractivity contribution is 0.00299. The number of nitrogens with one attached hydrogen (secondary N) is 2. The van der Waals surface area contributed by atoms with Crippen molar-refractivity contribution in [2.24, 2.45) is 0 Å². The molecule has 5 nitrogen and oxygen atoms in total. The Balaban J connectivity index is 1.64. The van der Waals surface area contributed by atoms with E-state index >= 15 is 0 Å². The van der Waals surface area contributed by atoms with Gasteiger partial charge in [-0.1, -0.05) is 12.1 Å². The number of hydrogen-bond acceptors (Lipinski definition) is 4. The number of aryl methyl sites for hydroxylation is 1. The van der Waals surface area contributed by atoms with Gasteiger partial charge in [-0.3, -0.25) is 5.10 Å². The van der Waals surface area contributed by atoms with Gasteiger partial charge in [0, 0.05) is 23.9 Å². The predicted molar refractivity (Wildman–Crippen MR) is 78.6 cm³/mol. The fraction of sp³-hybridized carbons (Fsp3) is 0.467. The van der Waals surface area contributed by atoms with Gasteiger partial charge >= 0.3 is 0 Å². The molecule has 106 valence electrons. The molecule has 1 saturated carbocycles. The second kappa shape index (κ2) is 5.63. The minimum Gasteiger partial charge on any atom is -0.382 e. The molecule has 1 aliphatic rings. The van der Waals surface area contributed by atoms with Gasteiger partial charge in [-0.05, 0) is 38.8 Å². The minimum atomic E-state index is 0.427. The average Bonchev–Trinajstić information content (AvgIpc) is 2.84. The van der Waals surface area contributed by atoms with Crippen LogP contribution in [-0.4, -0.2) is 33.9 Å². The van der Waals surface area contributed by atoms with E-state index in [4.69, 9.17) is 4.74 Å². The molecule has 3 rings (SSSR count). The van der Waals surface area contributed by atoms with Gasteiger partial charge in [-0.15, -0.1) is 0 Å². The molecule has 5 heteroatoms. The van der Waals surface area contributed by atoms with E-state index in [1.54, 1.807) is 0 Å². The summed E-state index contributed by atoms with van der Waals surface area (Å²) in [5.41, 5.74) is 2.14. The zero-order valence-electron chi connectivity index (χ0n) is 11.9. The number of ether oxygens (including phenoxy) is 1. The maximum atomic E-state index is 5.58. The van der Waals surface area contributed by atoms with Crippen molar-refractivity contribution >= 4 is 5.69 Å². The van der Waals surface area contributed by atoms with Crippen molar-refractivity contribution in [3.8, 4) is 11.4 Å². The van der Waals surface area contributed by atoms with Crippen LogP contribution in [0.4, 0.5) is 5.69 Å². The summed E-state index contributed by atoms with van der Waals surface area (Å²) < 4.78 is 5.58. The van der Waals surface area contributed by atoms with Crippen LogP contribution in [0.3, 0.4) is 0 Å². The minimum absolute atomic E-state index is 0.427. The molecule has 20 heavy (non-hydrogen) atoms. The summed E-state index contributed by atoms with van der Waals surface area (Å²) in [5.74, 6) is 1.57. The Bertz CT molecular complexity index is 575. The van der Waals surface area contributed by atoms with E-state index in [9.17, 15) is 0 Å². The molecule has 1 aromatic carbocycles. The van der Waals surface area contributed by atoms with E-state index in [0.29, 0.717) is 12.1 Å². The third-order valence-corrected chi connectivity index (χ3v) is 3.59. The second-order valence-corrected chi connectivity index (χ2v) is 5.22. The molecular weight excluding hydrogens is 252 g/mol. The van der Waals surface area contributed by atoms with Crippen molar-refractivity contribution in [1.29, 1.82) is 0 Å². The number of H-pyrrole nitrogens is 1. The Hall–Kier alpha value is -1.88. The quantitative estimate of drug-likeness (QED) is 0.878. The normalized spacial score (nSPS) is 21.5. The molecule has 0 bridgehead atoms.